The van der Waals surface area contributed by atoms with Crippen LogP contribution in [0, 0.1) is 0 Å². The number of fused-ring (bicyclic) bond motifs is 1. The van der Waals surface area contributed by atoms with E-state index in [4.69, 9.17) is 18.6 Å². The van der Waals surface area contributed by atoms with Crippen LogP contribution in [-0.4, -0.2) is 63.7 Å². The third-order valence-corrected chi connectivity index (χ3v) is 6.26. The summed E-state index contributed by atoms with van der Waals surface area (Å²) in [5.74, 6) is -0.931. The molecule has 4 N–H and O–H groups in total. The fourth-order valence-electron chi connectivity index (χ4n) is 4.11. The standard InChI is InChI=1S/C26H36O10/c1-2-3-4-5-6-7-8-9-10-21(28)33-15-20-23(30)24(31)25(32)26(36-20)35-19-13-16-11-12-22(29)34-18(16)14-17(19)27/h11-14,20,23-27,30-32H,2-10,15H2,1H3/t20-,23-,24+,25-,26+/m1/s1. The number of hydrogen-bond donors (Lipinski definition) is 4. The molecule has 1 fully saturated rings. The van der Waals surface area contributed by atoms with Crippen molar-refractivity contribution in [1.29, 1.82) is 0 Å². The molecule has 1 aromatic carbocycles. The van der Waals surface area contributed by atoms with E-state index in [1.807, 2.05) is 0 Å². The van der Waals surface area contributed by atoms with Crippen LogP contribution in [0.15, 0.2) is 33.5 Å². The maximum Gasteiger partial charge on any atom is 0.336 e. The van der Waals surface area contributed by atoms with Gasteiger partial charge in [-0.2, -0.15) is 0 Å². The Kier molecular flexibility index (Phi) is 10.5. The van der Waals surface area contributed by atoms with E-state index >= 15 is 0 Å². The summed E-state index contributed by atoms with van der Waals surface area (Å²) in [6.07, 6.45) is 1.58. The minimum atomic E-state index is -1.65. The summed E-state index contributed by atoms with van der Waals surface area (Å²) < 4.78 is 21.4. The van der Waals surface area contributed by atoms with Gasteiger partial charge in [0.2, 0.25) is 6.29 Å². The number of carbonyl (C=O) groups excluding carboxylic acids is 1. The minimum Gasteiger partial charge on any atom is -0.504 e. The number of benzene rings is 1. The number of unbranched alkanes of at least 4 members (excludes halogenated alkanes) is 7. The summed E-state index contributed by atoms with van der Waals surface area (Å²) in [5, 5.41) is 41.6. The Bertz CT molecular complexity index is 1040. The van der Waals surface area contributed by atoms with E-state index in [1.54, 1.807) is 0 Å². The Balaban J connectivity index is 1.50. The summed E-state index contributed by atoms with van der Waals surface area (Å²) in [7, 11) is 0. The van der Waals surface area contributed by atoms with Crippen molar-refractivity contribution < 1.29 is 43.8 Å². The van der Waals surface area contributed by atoms with Crippen LogP contribution in [0.3, 0.4) is 0 Å². The predicted molar refractivity (Wildman–Crippen MR) is 130 cm³/mol. The highest BCUT2D eigenvalue weighted by molar-refractivity contribution is 5.80. The molecule has 1 aliphatic heterocycles. The summed E-state index contributed by atoms with van der Waals surface area (Å²) in [4.78, 5) is 23.5. The lowest BCUT2D eigenvalue weighted by Crippen LogP contribution is -2.60. The number of phenolic OH excluding ortho intramolecular Hbond substituents is 1. The monoisotopic (exact) mass is 508 g/mol. The van der Waals surface area contributed by atoms with Gasteiger partial charge in [-0.15, -0.1) is 0 Å². The van der Waals surface area contributed by atoms with Crippen LogP contribution in [-0.2, 0) is 14.3 Å². The molecule has 3 rings (SSSR count). The first-order valence-corrected chi connectivity index (χ1v) is 12.6. The molecule has 200 valence electrons. The van der Waals surface area contributed by atoms with Gasteiger partial charge in [-0.3, -0.25) is 4.79 Å². The molecule has 1 aliphatic rings. The molecular weight excluding hydrogens is 472 g/mol. The van der Waals surface area contributed by atoms with Gasteiger partial charge in [0.1, 0.15) is 36.6 Å². The molecule has 10 heteroatoms. The highest BCUT2D eigenvalue weighted by Gasteiger charge is 2.45. The first-order chi connectivity index (χ1) is 17.3. The van der Waals surface area contributed by atoms with Crippen molar-refractivity contribution in [1.82, 2.24) is 0 Å². The first-order valence-electron chi connectivity index (χ1n) is 12.6. The lowest BCUT2D eigenvalue weighted by Gasteiger charge is -2.39. The summed E-state index contributed by atoms with van der Waals surface area (Å²) >= 11 is 0. The Morgan fingerprint density at radius 1 is 0.944 bits per heavy atom. The number of carbonyl (C=O) groups is 1. The van der Waals surface area contributed by atoms with Gasteiger partial charge in [0, 0.05) is 23.9 Å². The zero-order valence-electron chi connectivity index (χ0n) is 20.5. The third-order valence-electron chi connectivity index (χ3n) is 6.26. The molecule has 5 atom stereocenters. The average molecular weight is 509 g/mol. The average Bonchev–Trinajstić information content (AvgIpc) is 2.85. The summed E-state index contributed by atoms with van der Waals surface area (Å²) in [6.45, 7) is 1.84. The van der Waals surface area contributed by atoms with Crippen LogP contribution >= 0.6 is 0 Å². The van der Waals surface area contributed by atoms with Crippen LogP contribution in [0.1, 0.15) is 64.7 Å². The molecular formula is C26H36O10. The Hall–Kier alpha value is -2.66. The first kappa shape index (κ1) is 27.9. The van der Waals surface area contributed by atoms with Crippen molar-refractivity contribution in [3.05, 3.63) is 34.7 Å². The van der Waals surface area contributed by atoms with E-state index in [0.717, 1.165) is 19.3 Å². The highest BCUT2D eigenvalue weighted by atomic mass is 16.7. The van der Waals surface area contributed by atoms with Gasteiger partial charge in [0.05, 0.1) is 0 Å². The van der Waals surface area contributed by atoms with E-state index in [1.165, 1.54) is 49.9 Å². The van der Waals surface area contributed by atoms with E-state index < -0.39 is 42.3 Å². The summed E-state index contributed by atoms with van der Waals surface area (Å²) in [6, 6.07) is 5.23. The SMILES string of the molecule is CCCCCCCCCCC(=O)OC[C@H]1O[C@H](Oc2cc3ccc(=O)oc3cc2O)[C@H](O)[C@@H](O)[C@@H]1O. The molecule has 0 spiro atoms. The molecule has 0 saturated carbocycles. The van der Waals surface area contributed by atoms with Gasteiger partial charge in [-0.05, 0) is 18.6 Å². The maximum atomic E-state index is 12.1. The molecule has 36 heavy (non-hydrogen) atoms. The number of hydrogen-bond acceptors (Lipinski definition) is 10. The number of aliphatic hydroxyl groups is 3. The van der Waals surface area contributed by atoms with Gasteiger partial charge in [0.25, 0.3) is 0 Å². The molecule has 1 saturated heterocycles. The van der Waals surface area contributed by atoms with Gasteiger partial charge < -0.3 is 39.1 Å². The summed E-state index contributed by atoms with van der Waals surface area (Å²) in [5.41, 5.74) is -0.451. The minimum absolute atomic E-state index is 0.102. The second-order valence-corrected chi connectivity index (χ2v) is 9.15. The lowest BCUT2D eigenvalue weighted by atomic mass is 9.99. The molecule has 2 aromatic rings. The number of phenols is 1. The maximum absolute atomic E-state index is 12.1. The van der Waals surface area contributed by atoms with Gasteiger partial charge in [-0.25, -0.2) is 4.79 Å². The van der Waals surface area contributed by atoms with E-state index in [9.17, 15) is 30.0 Å². The predicted octanol–water partition coefficient (Wildman–Crippen LogP) is 2.76. The molecule has 0 radical (unpaired) electrons. The van der Waals surface area contributed by atoms with Crippen LogP contribution in [0.5, 0.6) is 11.5 Å². The van der Waals surface area contributed by atoms with Crippen LogP contribution in [0.2, 0.25) is 0 Å². The van der Waals surface area contributed by atoms with Gasteiger partial charge in [0.15, 0.2) is 11.5 Å². The molecule has 0 unspecified atom stereocenters. The van der Waals surface area contributed by atoms with Crippen LogP contribution in [0.25, 0.3) is 11.0 Å². The Morgan fingerprint density at radius 2 is 1.64 bits per heavy atom. The number of esters is 1. The van der Waals surface area contributed by atoms with Crippen molar-refractivity contribution >= 4 is 16.9 Å². The number of ether oxygens (including phenoxy) is 3. The van der Waals surface area contributed by atoms with Crippen molar-refractivity contribution in [2.45, 2.75) is 95.4 Å². The van der Waals surface area contributed by atoms with E-state index in [-0.39, 0.29) is 30.1 Å². The van der Waals surface area contributed by atoms with Crippen molar-refractivity contribution in [2.24, 2.45) is 0 Å². The van der Waals surface area contributed by atoms with Crippen LogP contribution in [0.4, 0.5) is 0 Å². The number of rotatable bonds is 13. The lowest BCUT2D eigenvalue weighted by molar-refractivity contribution is -0.278. The highest BCUT2D eigenvalue weighted by Crippen LogP contribution is 2.34. The van der Waals surface area contributed by atoms with E-state index in [0.29, 0.717) is 11.8 Å². The Labute approximate surface area is 209 Å². The third kappa shape index (κ3) is 7.67. The molecule has 2 heterocycles. The molecule has 0 amide bonds. The van der Waals surface area contributed by atoms with Crippen molar-refractivity contribution in [3.8, 4) is 11.5 Å². The van der Waals surface area contributed by atoms with Gasteiger partial charge in [-0.1, -0.05) is 51.9 Å². The largest absolute Gasteiger partial charge is 0.504 e. The quantitative estimate of drug-likeness (QED) is 0.180. The second-order valence-electron chi connectivity index (χ2n) is 9.15. The molecule has 1 aromatic heterocycles. The van der Waals surface area contributed by atoms with Crippen molar-refractivity contribution in [3.63, 3.8) is 0 Å². The van der Waals surface area contributed by atoms with Crippen LogP contribution < -0.4 is 10.4 Å². The molecule has 10 nitrogen and oxygen atoms in total. The molecule has 0 bridgehead atoms. The smallest absolute Gasteiger partial charge is 0.336 e. The zero-order valence-corrected chi connectivity index (χ0v) is 20.5. The normalized spacial score (nSPS) is 24.1. The topological polar surface area (TPSA) is 156 Å². The zero-order chi connectivity index (χ0) is 26.1. The molecule has 0 aliphatic carbocycles. The fourth-order valence-corrected chi connectivity index (χ4v) is 4.11. The number of aromatic hydroxyl groups is 1. The Morgan fingerprint density at radius 3 is 2.36 bits per heavy atom. The van der Waals surface area contributed by atoms with Crippen molar-refractivity contribution in [2.75, 3.05) is 6.61 Å². The second kappa shape index (κ2) is 13.6. The number of aliphatic hydroxyl groups excluding tert-OH is 3. The fraction of sp³-hybridized carbons (Fsp3) is 0.615. The van der Waals surface area contributed by atoms with E-state index in [2.05, 4.69) is 6.92 Å². The van der Waals surface area contributed by atoms with Gasteiger partial charge >= 0.3 is 11.6 Å².